The van der Waals surface area contributed by atoms with Gasteiger partial charge in [0.05, 0.1) is 23.9 Å². The molecule has 2 aromatic carbocycles. The summed E-state index contributed by atoms with van der Waals surface area (Å²) in [5.74, 6) is -0.876. The third kappa shape index (κ3) is 4.91. The Morgan fingerprint density at radius 2 is 1.59 bits per heavy atom. The van der Waals surface area contributed by atoms with Gasteiger partial charge < -0.3 is 20.9 Å². The van der Waals surface area contributed by atoms with E-state index in [2.05, 4.69) is 25.9 Å². The number of hydrogen-bond acceptors (Lipinski definition) is 4. The van der Waals surface area contributed by atoms with Crippen molar-refractivity contribution in [1.82, 2.24) is 25.9 Å². The lowest BCUT2D eigenvalue weighted by atomic mass is 10.2. The molecule has 0 bridgehead atoms. The van der Waals surface area contributed by atoms with Crippen LogP contribution in [0.5, 0.6) is 0 Å². The molecule has 0 aliphatic rings. The minimum Gasteiger partial charge on any atom is -0.353 e. The molecular weight excluding hydrogens is 346 g/mol. The molecule has 0 spiro atoms. The van der Waals surface area contributed by atoms with E-state index in [4.69, 9.17) is 0 Å². The SMILES string of the molecule is O=C(CNC(=O)c1ccccc1)NCCNC(=O)c1ccc2nc[nH]c2c1. The molecule has 0 saturated carbocycles. The fraction of sp³-hybridized carbons (Fsp3) is 0.158. The summed E-state index contributed by atoms with van der Waals surface area (Å²) in [6, 6.07) is 13.8. The van der Waals surface area contributed by atoms with Crippen LogP contribution in [0.1, 0.15) is 20.7 Å². The maximum Gasteiger partial charge on any atom is 0.251 e. The van der Waals surface area contributed by atoms with Gasteiger partial charge in [-0.3, -0.25) is 14.4 Å². The van der Waals surface area contributed by atoms with E-state index >= 15 is 0 Å². The molecule has 8 nitrogen and oxygen atoms in total. The molecule has 0 aliphatic carbocycles. The van der Waals surface area contributed by atoms with Crippen molar-refractivity contribution >= 4 is 28.8 Å². The van der Waals surface area contributed by atoms with Gasteiger partial charge in [-0.05, 0) is 30.3 Å². The summed E-state index contributed by atoms with van der Waals surface area (Å²) >= 11 is 0. The molecule has 1 heterocycles. The largest absolute Gasteiger partial charge is 0.353 e. The van der Waals surface area contributed by atoms with Crippen LogP contribution in [0.25, 0.3) is 11.0 Å². The van der Waals surface area contributed by atoms with Gasteiger partial charge >= 0.3 is 0 Å². The second-order valence-electron chi connectivity index (χ2n) is 5.79. The zero-order chi connectivity index (χ0) is 19.1. The van der Waals surface area contributed by atoms with E-state index in [1.165, 1.54) is 0 Å². The lowest BCUT2D eigenvalue weighted by molar-refractivity contribution is -0.120. The summed E-state index contributed by atoms with van der Waals surface area (Å²) in [7, 11) is 0. The van der Waals surface area contributed by atoms with E-state index in [-0.39, 0.29) is 37.4 Å². The second kappa shape index (κ2) is 8.61. The molecule has 0 atom stereocenters. The predicted molar refractivity (Wildman–Crippen MR) is 100 cm³/mol. The molecule has 0 unspecified atom stereocenters. The van der Waals surface area contributed by atoms with E-state index in [9.17, 15) is 14.4 Å². The van der Waals surface area contributed by atoms with E-state index < -0.39 is 0 Å². The van der Waals surface area contributed by atoms with Crippen molar-refractivity contribution in [2.24, 2.45) is 0 Å². The van der Waals surface area contributed by atoms with Gasteiger partial charge in [-0.25, -0.2) is 4.98 Å². The van der Waals surface area contributed by atoms with Crippen LogP contribution in [0.2, 0.25) is 0 Å². The Kier molecular flexibility index (Phi) is 5.78. The number of rotatable bonds is 7. The van der Waals surface area contributed by atoms with Gasteiger partial charge in [-0.15, -0.1) is 0 Å². The molecular formula is C19H19N5O3. The summed E-state index contributed by atoms with van der Waals surface area (Å²) in [5.41, 5.74) is 2.57. The first kappa shape index (κ1) is 18.1. The summed E-state index contributed by atoms with van der Waals surface area (Å²) < 4.78 is 0. The van der Waals surface area contributed by atoms with Crippen LogP contribution in [0, 0.1) is 0 Å². The van der Waals surface area contributed by atoms with Crippen LogP contribution in [-0.4, -0.2) is 47.3 Å². The Morgan fingerprint density at radius 1 is 0.852 bits per heavy atom. The molecule has 3 aromatic rings. The highest BCUT2D eigenvalue weighted by Crippen LogP contribution is 2.11. The maximum absolute atomic E-state index is 12.1. The fourth-order valence-electron chi connectivity index (χ4n) is 2.47. The first-order chi connectivity index (χ1) is 13.1. The number of aromatic amines is 1. The van der Waals surface area contributed by atoms with Gasteiger partial charge in [0, 0.05) is 24.2 Å². The number of carbonyl (C=O) groups excluding carboxylic acids is 3. The van der Waals surface area contributed by atoms with Crippen molar-refractivity contribution in [3.05, 3.63) is 66.0 Å². The van der Waals surface area contributed by atoms with Crippen molar-refractivity contribution in [1.29, 1.82) is 0 Å². The molecule has 4 N–H and O–H groups in total. The maximum atomic E-state index is 12.1. The highest BCUT2D eigenvalue weighted by molar-refractivity contribution is 5.97. The fourth-order valence-corrected chi connectivity index (χ4v) is 2.47. The Hall–Kier alpha value is -3.68. The topological polar surface area (TPSA) is 116 Å². The van der Waals surface area contributed by atoms with Crippen LogP contribution in [0.4, 0.5) is 0 Å². The van der Waals surface area contributed by atoms with Crippen molar-refractivity contribution in [3.8, 4) is 0 Å². The molecule has 0 fully saturated rings. The third-order valence-electron chi connectivity index (χ3n) is 3.86. The van der Waals surface area contributed by atoms with Gasteiger partial charge in [-0.2, -0.15) is 0 Å². The molecule has 3 amide bonds. The number of carbonyl (C=O) groups is 3. The zero-order valence-electron chi connectivity index (χ0n) is 14.5. The number of aromatic nitrogens is 2. The average molecular weight is 365 g/mol. The standard InChI is InChI=1S/C19H19N5O3/c25-17(11-22-18(26)13-4-2-1-3-5-13)20-8-9-21-19(27)14-6-7-15-16(10-14)24-12-23-15/h1-7,10,12H,8-9,11H2,(H,20,25)(H,21,27)(H,22,26)(H,23,24). The van der Waals surface area contributed by atoms with E-state index in [1.807, 2.05) is 6.07 Å². The highest BCUT2D eigenvalue weighted by Gasteiger charge is 2.09. The number of amides is 3. The van der Waals surface area contributed by atoms with Crippen LogP contribution < -0.4 is 16.0 Å². The van der Waals surface area contributed by atoms with Crippen molar-refractivity contribution < 1.29 is 14.4 Å². The third-order valence-corrected chi connectivity index (χ3v) is 3.86. The number of benzene rings is 2. The Morgan fingerprint density at radius 3 is 2.41 bits per heavy atom. The first-order valence-corrected chi connectivity index (χ1v) is 8.45. The lowest BCUT2D eigenvalue weighted by Gasteiger charge is -2.08. The van der Waals surface area contributed by atoms with Gasteiger partial charge in [0.25, 0.3) is 11.8 Å². The van der Waals surface area contributed by atoms with Crippen LogP contribution in [0.15, 0.2) is 54.9 Å². The molecule has 3 rings (SSSR count). The number of fused-ring (bicyclic) bond motifs is 1. The van der Waals surface area contributed by atoms with E-state index in [1.54, 1.807) is 48.8 Å². The summed E-state index contributed by atoms with van der Waals surface area (Å²) in [5, 5.41) is 7.90. The van der Waals surface area contributed by atoms with Gasteiger partial charge in [-0.1, -0.05) is 18.2 Å². The molecule has 0 aliphatic heterocycles. The highest BCUT2D eigenvalue weighted by atomic mass is 16.2. The molecule has 27 heavy (non-hydrogen) atoms. The minimum atomic E-state index is -0.326. The summed E-state index contributed by atoms with van der Waals surface area (Å²) in [4.78, 5) is 42.8. The number of imidazole rings is 1. The van der Waals surface area contributed by atoms with Gasteiger partial charge in [0.15, 0.2) is 0 Å². The minimum absolute atomic E-state index is 0.127. The zero-order valence-corrected chi connectivity index (χ0v) is 14.5. The lowest BCUT2D eigenvalue weighted by Crippen LogP contribution is -2.40. The average Bonchev–Trinajstić information content (AvgIpc) is 3.17. The summed E-state index contributed by atoms with van der Waals surface area (Å²) in [6.07, 6.45) is 1.57. The van der Waals surface area contributed by atoms with Crippen LogP contribution >= 0.6 is 0 Å². The van der Waals surface area contributed by atoms with Crippen molar-refractivity contribution in [2.75, 3.05) is 19.6 Å². The van der Waals surface area contributed by atoms with Crippen LogP contribution in [-0.2, 0) is 4.79 Å². The second-order valence-corrected chi connectivity index (χ2v) is 5.79. The number of hydrogen-bond donors (Lipinski definition) is 4. The van der Waals surface area contributed by atoms with E-state index in [0.29, 0.717) is 11.1 Å². The Balaban J connectivity index is 1.36. The first-order valence-electron chi connectivity index (χ1n) is 8.45. The Bertz CT molecular complexity index is 952. The molecule has 8 heteroatoms. The molecule has 138 valence electrons. The van der Waals surface area contributed by atoms with Gasteiger partial charge in [0.1, 0.15) is 0 Å². The smallest absolute Gasteiger partial charge is 0.251 e. The van der Waals surface area contributed by atoms with E-state index in [0.717, 1.165) is 11.0 Å². The normalized spacial score (nSPS) is 10.4. The van der Waals surface area contributed by atoms with Crippen molar-refractivity contribution in [3.63, 3.8) is 0 Å². The monoisotopic (exact) mass is 365 g/mol. The number of nitrogens with zero attached hydrogens (tertiary/aromatic N) is 1. The Labute approximate surface area is 155 Å². The molecule has 0 radical (unpaired) electrons. The number of H-pyrrole nitrogens is 1. The summed E-state index contributed by atoms with van der Waals surface area (Å²) in [6.45, 7) is 0.411. The van der Waals surface area contributed by atoms with Crippen LogP contribution in [0.3, 0.4) is 0 Å². The predicted octanol–water partition coefficient (Wildman–Crippen LogP) is 0.839. The van der Waals surface area contributed by atoms with Crippen molar-refractivity contribution in [2.45, 2.75) is 0 Å². The number of nitrogens with one attached hydrogen (secondary N) is 4. The van der Waals surface area contributed by atoms with Gasteiger partial charge in [0.2, 0.25) is 5.91 Å². The molecule has 0 saturated heterocycles. The quantitative estimate of drug-likeness (QED) is 0.464. The molecule has 1 aromatic heterocycles.